The van der Waals surface area contributed by atoms with Crippen molar-refractivity contribution in [3.63, 3.8) is 0 Å². The molecule has 27 heavy (non-hydrogen) atoms. The highest BCUT2D eigenvalue weighted by molar-refractivity contribution is 6.87. The van der Waals surface area contributed by atoms with Gasteiger partial charge in [0, 0.05) is 0 Å². The molecule has 0 aromatic carbocycles. The summed E-state index contributed by atoms with van der Waals surface area (Å²) in [6, 6.07) is 8.51. The van der Waals surface area contributed by atoms with Gasteiger partial charge in [0.2, 0.25) is 0 Å². The van der Waals surface area contributed by atoms with E-state index >= 15 is 0 Å². The zero-order chi connectivity index (χ0) is 17.6. The van der Waals surface area contributed by atoms with Crippen molar-refractivity contribution >= 4 is 16.6 Å². The fraction of sp³-hybridized carbons (Fsp3) is 1.00. The summed E-state index contributed by atoms with van der Waals surface area (Å²) < 4.78 is 7.47. The van der Waals surface area contributed by atoms with Crippen LogP contribution in [-0.4, -0.2) is 16.6 Å². The molecule has 0 spiro atoms. The van der Waals surface area contributed by atoms with E-state index in [0.717, 1.165) is 0 Å². The van der Waals surface area contributed by atoms with Crippen LogP contribution in [0, 0.1) is 0 Å². The predicted molar refractivity (Wildman–Crippen MR) is 139 cm³/mol. The molecule has 0 heterocycles. The predicted octanol–water partition coefficient (Wildman–Crippen LogP) is 10.7. The third-order valence-electron chi connectivity index (χ3n) is 5.23. The molecule has 0 saturated carbocycles. The van der Waals surface area contributed by atoms with Crippen LogP contribution in [0.3, 0.4) is 0 Å². The molecule has 172 valence electrons. The summed E-state index contributed by atoms with van der Waals surface area (Å²) >= 11 is 0. The zero-order valence-electron chi connectivity index (χ0n) is 17.3. The monoisotopic (exact) mass is 422 g/mol. The van der Waals surface area contributed by atoms with Crippen LogP contribution < -0.4 is 0 Å². The van der Waals surface area contributed by atoms with Gasteiger partial charge in [0.05, 0.1) is 0 Å². The fourth-order valence-corrected chi connectivity index (χ4v) is 17.6. The van der Waals surface area contributed by atoms with Crippen molar-refractivity contribution in [2.24, 2.45) is 0 Å². The first-order chi connectivity index (χ1) is 11.1. The Balaban J connectivity index is -0.000000403. The highest BCUT2D eigenvalue weighted by atomic mass is 28.4. The van der Waals surface area contributed by atoms with Gasteiger partial charge in [0.15, 0.2) is 16.6 Å². The molecule has 0 fully saturated rings. The fourth-order valence-electron chi connectivity index (χ4n) is 4.34. The second-order valence-electron chi connectivity index (χ2n) is 7.68. The molecule has 0 aliphatic carbocycles. The maximum absolute atomic E-state index is 7.47. The van der Waals surface area contributed by atoms with Crippen LogP contribution in [0.25, 0.3) is 0 Å². The van der Waals surface area contributed by atoms with E-state index in [2.05, 4.69) is 41.5 Å². The lowest BCUT2D eigenvalue weighted by Gasteiger charge is -2.43. The Morgan fingerprint density at radius 1 is 0.407 bits per heavy atom. The maximum Gasteiger partial charge on any atom is 0.179 e. The van der Waals surface area contributed by atoms with E-state index in [4.69, 9.17) is 4.12 Å². The average molecular weight is 423 g/mol. The van der Waals surface area contributed by atoms with Gasteiger partial charge in [-0.05, 0) is 36.3 Å². The molecule has 3 heteroatoms. The molecule has 0 unspecified atom stereocenters. The van der Waals surface area contributed by atoms with Gasteiger partial charge in [-0.15, -0.1) is 0 Å². The average Bonchev–Trinajstić information content (AvgIpc) is 2.52. The topological polar surface area (TPSA) is 9.23 Å². The Morgan fingerprint density at radius 2 is 0.667 bits per heavy atom. The van der Waals surface area contributed by atoms with Gasteiger partial charge in [-0.3, -0.25) is 0 Å². The lowest BCUT2D eigenvalue weighted by atomic mass is 10.4. The molecule has 0 aliphatic rings. The molecule has 0 radical (unpaired) electrons. The summed E-state index contributed by atoms with van der Waals surface area (Å²) in [5.41, 5.74) is 0. The second-order valence-corrected chi connectivity index (χ2v) is 16.2. The Kier molecular flexibility index (Phi) is 32.0. The van der Waals surface area contributed by atoms with E-state index in [1.165, 1.54) is 87.6 Å². The van der Waals surface area contributed by atoms with Crippen molar-refractivity contribution < 1.29 is 4.12 Å². The Labute approximate surface area is 179 Å². The van der Waals surface area contributed by atoms with E-state index in [1.807, 2.05) is 0 Å². The van der Waals surface area contributed by atoms with Crippen molar-refractivity contribution in [2.75, 3.05) is 0 Å². The van der Waals surface area contributed by atoms with Gasteiger partial charge >= 0.3 is 0 Å². The van der Waals surface area contributed by atoms with Crippen molar-refractivity contribution in [3.8, 4) is 0 Å². The summed E-state index contributed by atoms with van der Waals surface area (Å²) in [6.45, 7) is 14.2. The molecule has 0 aromatic heterocycles. The van der Waals surface area contributed by atoms with Crippen molar-refractivity contribution in [3.05, 3.63) is 0 Å². The normalized spacial score (nSPS) is 10.9. The molecule has 0 saturated heterocycles. The minimum atomic E-state index is -1.51. The van der Waals surface area contributed by atoms with Gasteiger partial charge in [0.1, 0.15) is 0 Å². The van der Waals surface area contributed by atoms with Crippen molar-refractivity contribution in [1.82, 2.24) is 0 Å². The molecule has 0 rings (SSSR count). The second kappa shape index (κ2) is 22.7. The van der Waals surface area contributed by atoms with Crippen LogP contribution in [0.4, 0.5) is 0 Å². The molecule has 0 bridgehead atoms. The highest BCUT2D eigenvalue weighted by Gasteiger charge is 2.42. The zero-order valence-corrected chi connectivity index (χ0v) is 19.3. The molecule has 0 atom stereocenters. The van der Waals surface area contributed by atoms with E-state index in [1.54, 1.807) is 0 Å². The van der Waals surface area contributed by atoms with Gasteiger partial charge < -0.3 is 4.12 Å². The molecular weight excluding hydrogens is 360 g/mol. The summed E-state index contributed by atoms with van der Waals surface area (Å²) in [7, 11) is -3.03. The number of unbranched alkanes of at least 4 members (excludes halogenated alkanes) is 2. The van der Waals surface area contributed by atoms with Crippen LogP contribution in [-0.2, 0) is 4.12 Å². The van der Waals surface area contributed by atoms with Crippen LogP contribution in [0.1, 0.15) is 123 Å². The van der Waals surface area contributed by atoms with Gasteiger partial charge in [-0.1, -0.05) is 123 Å². The Hall–Kier alpha value is 0.394. The number of rotatable bonds is 16. The smallest absolute Gasteiger partial charge is 0.179 e. The van der Waals surface area contributed by atoms with E-state index in [9.17, 15) is 0 Å². The molecule has 1 nitrogen and oxygen atoms in total. The van der Waals surface area contributed by atoms with Crippen molar-refractivity contribution in [1.29, 1.82) is 0 Å². The van der Waals surface area contributed by atoms with Crippen LogP contribution in [0.5, 0.6) is 0 Å². The minimum absolute atomic E-state index is 0. The van der Waals surface area contributed by atoms with Crippen LogP contribution >= 0.6 is 0 Å². The minimum Gasteiger partial charge on any atom is -0.455 e. The maximum atomic E-state index is 7.47. The first-order valence-electron chi connectivity index (χ1n) is 10.8. The van der Waals surface area contributed by atoms with Gasteiger partial charge in [-0.2, -0.15) is 0 Å². The van der Waals surface area contributed by atoms with Crippen molar-refractivity contribution in [2.45, 2.75) is 159 Å². The van der Waals surface area contributed by atoms with Crippen LogP contribution in [0.2, 0.25) is 36.3 Å². The quantitative estimate of drug-likeness (QED) is 0.225. The summed E-state index contributed by atoms with van der Waals surface area (Å²) in [5.74, 6) is 0. The number of hydrogen-bond donors (Lipinski definition) is 0. The lowest BCUT2D eigenvalue weighted by molar-refractivity contribution is 0.483. The first kappa shape index (κ1) is 38.1. The van der Waals surface area contributed by atoms with E-state index in [-0.39, 0.29) is 29.7 Å². The largest absolute Gasteiger partial charge is 0.455 e. The Morgan fingerprint density at radius 3 is 0.852 bits per heavy atom. The highest BCUT2D eigenvalue weighted by Crippen LogP contribution is 2.37. The van der Waals surface area contributed by atoms with Crippen LogP contribution in [0.15, 0.2) is 0 Å². The molecular formula is C24H62OSi2. The van der Waals surface area contributed by atoms with E-state index in [0.29, 0.717) is 0 Å². The van der Waals surface area contributed by atoms with E-state index < -0.39 is 16.6 Å². The summed E-state index contributed by atoms with van der Waals surface area (Å²) in [6.07, 6.45) is 10.7. The number of hydrogen-bond acceptors (Lipinski definition) is 1. The molecule has 0 aliphatic heterocycles. The molecule has 0 N–H and O–H groups in total. The molecule has 0 amide bonds. The SMILES string of the molecule is C.C.C.C.CCCC[Si](CCC)(CCC)O[Si](CCC)(CCC)CCCC. The van der Waals surface area contributed by atoms with Gasteiger partial charge in [-0.25, -0.2) is 0 Å². The lowest BCUT2D eigenvalue weighted by Crippen LogP contribution is -2.51. The molecule has 0 aromatic rings. The summed E-state index contributed by atoms with van der Waals surface area (Å²) in [4.78, 5) is 0. The summed E-state index contributed by atoms with van der Waals surface area (Å²) in [5, 5.41) is 0. The Bertz CT molecular complexity index is 231. The first-order valence-corrected chi connectivity index (χ1v) is 15.8. The standard InChI is InChI=1S/C20H46OSi2.4CH4/c1-7-13-19-22(15-9-3,16-10-4)21-23(17-11-5,18-12-6)20-14-8-2;;;;/h7-20H2,1-6H3;4*1H4. The third kappa shape index (κ3) is 15.0. The van der Waals surface area contributed by atoms with Gasteiger partial charge in [0.25, 0.3) is 0 Å². The third-order valence-corrected chi connectivity index (χ3v) is 16.9.